The van der Waals surface area contributed by atoms with Crippen molar-refractivity contribution in [1.29, 1.82) is 0 Å². The lowest BCUT2D eigenvalue weighted by Crippen LogP contribution is -2.53. The zero-order chi connectivity index (χ0) is 40.1. The van der Waals surface area contributed by atoms with Crippen LogP contribution in [0.3, 0.4) is 0 Å². The Morgan fingerprint density at radius 2 is 0.380 bits per heavy atom. The van der Waals surface area contributed by atoms with E-state index in [1.165, 1.54) is 11.1 Å². The monoisotopic (exact) mass is 1090 g/mol. The summed E-state index contributed by atoms with van der Waals surface area (Å²) in [4.78, 5) is 0. The van der Waals surface area contributed by atoms with Crippen LogP contribution in [0, 0.1) is 27.1 Å². The van der Waals surface area contributed by atoms with Gasteiger partial charge in [-0.15, -0.1) is 0 Å². The van der Waals surface area contributed by atoms with E-state index in [0.29, 0.717) is 37.2 Å². The number of ether oxygens (including phenoxy) is 1. The van der Waals surface area contributed by atoms with E-state index in [1.807, 2.05) is 0 Å². The topological polar surface area (TPSA) is 18.5 Å². The van der Waals surface area contributed by atoms with Crippen LogP contribution in [0.25, 0.3) is 0 Å². The molecule has 0 unspecified atom stereocenters. The van der Waals surface area contributed by atoms with E-state index >= 15 is 0 Å². The van der Waals surface area contributed by atoms with Gasteiger partial charge in [0.15, 0.2) is 16.6 Å². The minimum atomic E-state index is -1.59. The van der Waals surface area contributed by atoms with Gasteiger partial charge in [0.1, 0.15) is 0 Å². The lowest BCUT2D eigenvalue weighted by molar-refractivity contribution is -0.102. The van der Waals surface area contributed by atoms with E-state index in [-0.39, 0.29) is 189 Å². The highest BCUT2D eigenvalue weighted by molar-refractivity contribution is 6.87. The molecule has 0 saturated carbocycles. The molecule has 0 aromatic carbocycles. The number of hydrogen-bond donors (Lipinski definition) is 0. The molecular weight excluding hydrogens is 893 g/mol. The normalized spacial score (nSPS) is 10.1. The van der Waals surface area contributed by atoms with Crippen LogP contribution < -0.4 is 0 Å². The SMILES string of the molecule is C.C.C.C.C.C.C.C.C.C.C.C.C.C.C.C.C.C.C.C.C.C.C.C.C/C(=C(\C)C(C)(C)C)C(C)(C)C.CC(C)(C)C(C)(C)C(C)(C)C.CC(C)(C)OC(C)(C)C.CC(C)(C)[Si](C)(C)O[Si](C)(C)C(C)(C)C. The maximum atomic E-state index is 6.63. The molecule has 0 heterocycles. The quantitative estimate of drug-likeness (QED) is 0.203. The van der Waals surface area contributed by atoms with Crippen molar-refractivity contribution in [3.63, 3.8) is 0 Å². The Labute approximate surface area is 481 Å². The molecular formula is C67H192O2Si2. The molecule has 0 aromatic heterocycles. The Kier molecular flexibility index (Phi) is 161. The molecule has 0 aromatic rings. The predicted octanol–water partition coefficient (Wildman–Crippen LogP) is 31.4. The second kappa shape index (κ2) is 61.0. The third-order valence-corrected chi connectivity index (χ3v) is 22.6. The Bertz CT molecular complexity index is 852. The second-order valence-electron chi connectivity index (χ2n) is 23.8. The van der Waals surface area contributed by atoms with E-state index in [0.717, 1.165) is 0 Å². The van der Waals surface area contributed by atoms with Crippen molar-refractivity contribution in [3.8, 4) is 0 Å². The molecule has 0 saturated heterocycles. The lowest BCUT2D eigenvalue weighted by atomic mass is 9.56. The Morgan fingerprint density at radius 3 is 0.423 bits per heavy atom. The van der Waals surface area contributed by atoms with Gasteiger partial charge in [-0.3, -0.25) is 0 Å². The van der Waals surface area contributed by atoms with Gasteiger partial charge in [-0.1, -0.05) is 328 Å². The fraction of sp³-hybridized carbons (Fsp3) is 0.970. The van der Waals surface area contributed by atoms with Crippen LogP contribution >= 0.6 is 0 Å². The summed E-state index contributed by atoms with van der Waals surface area (Å²) in [5.74, 6) is 0. The van der Waals surface area contributed by atoms with Crippen molar-refractivity contribution in [2.75, 3.05) is 0 Å². The highest BCUT2D eigenvalue weighted by atomic mass is 28.4. The molecule has 0 radical (unpaired) electrons. The first-order valence-electron chi connectivity index (χ1n) is 18.6. The maximum absolute atomic E-state index is 6.63. The molecule has 0 spiro atoms. The van der Waals surface area contributed by atoms with Gasteiger partial charge in [-0.2, -0.15) is 0 Å². The molecule has 0 amide bonds. The summed E-state index contributed by atoms with van der Waals surface area (Å²) in [6.07, 6.45) is 0. The molecule has 480 valence electrons. The summed E-state index contributed by atoms with van der Waals surface area (Å²) in [6, 6.07) is 0. The van der Waals surface area contributed by atoms with Gasteiger partial charge in [0.05, 0.1) is 11.2 Å². The average Bonchev–Trinajstić information content (AvgIpc) is 2.65. The Balaban J connectivity index is -0.0000000121. The molecule has 2 nitrogen and oxygen atoms in total. The molecule has 71 heavy (non-hydrogen) atoms. The first-order chi connectivity index (χ1) is 19.5. The van der Waals surface area contributed by atoms with Gasteiger partial charge in [0, 0.05) is 0 Å². The van der Waals surface area contributed by atoms with Gasteiger partial charge in [-0.05, 0) is 119 Å². The largest absolute Gasteiger partial charge is 0.455 e. The van der Waals surface area contributed by atoms with Crippen LogP contribution in [0.2, 0.25) is 36.3 Å². The molecule has 0 fully saturated rings. The van der Waals surface area contributed by atoms with Gasteiger partial charge < -0.3 is 8.85 Å². The number of allylic oxidation sites excluding steroid dienone is 2. The van der Waals surface area contributed by atoms with Crippen molar-refractivity contribution >= 4 is 16.6 Å². The Morgan fingerprint density at radius 1 is 0.254 bits per heavy atom. The smallest absolute Gasteiger partial charge is 0.178 e. The summed E-state index contributed by atoms with van der Waals surface area (Å²) in [5.41, 5.74) is 4.78. The van der Waals surface area contributed by atoms with Gasteiger partial charge in [0.2, 0.25) is 0 Å². The van der Waals surface area contributed by atoms with Crippen molar-refractivity contribution in [2.24, 2.45) is 27.1 Å². The fourth-order valence-corrected chi connectivity index (χ4v) is 11.7. The standard InChI is InChI=1S/C12H30OSi2.C12H24.C11H24.C8H18O.24CH4/c1-11(2,3)14(7,8)13-15(9,10)12(4,5)6;1-9(11(3,4)5)10(2)12(6,7)8;1-9(2,3)11(7,8)10(4,5)6;1-7(2,3)9-8(4,5)6;;;;;;;;;;;;;;;;;;;;;;;;/h1-10H3;1-8H3;1-8H3;1-6H3;24*1H4/b;10-9-;;;;;;;;;;;;;;;;;;;;;;;;;;. The van der Waals surface area contributed by atoms with E-state index in [9.17, 15) is 0 Å². The molecule has 4 heteroatoms. The van der Waals surface area contributed by atoms with Crippen molar-refractivity contribution in [3.05, 3.63) is 11.1 Å². The van der Waals surface area contributed by atoms with Gasteiger partial charge in [-0.25, -0.2) is 0 Å². The Hall–Kier alpha value is 0.0938. The first kappa shape index (κ1) is 188. The highest BCUT2D eigenvalue weighted by Crippen LogP contribution is 2.50. The summed E-state index contributed by atoms with van der Waals surface area (Å²) >= 11 is 0. The average molecular weight is 1090 g/mol. The van der Waals surface area contributed by atoms with E-state index < -0.39 is 16.6 Å². The molecule has 0 atom stereocenters. The third kappa shape index (κ3) is 79.1. The van der Waals surface area contributed by atoms with Crippen LogP contribution in [0.15, 0.2) is 11.1 Å². The van der Waals surface area contributed by atoms with Crippen LogP contribution in [0.4, 0.5) is 0 Å². The summed E-state index contributed by atoms with van der Waals surface area (Å²) < 4.78 is 12.3. The molecule has 0 aliphatic rings. The minimum absolute atomic E-state index is 0. The second-order valence-corrected chi connectivity index (χ2v) is 33.7. The van der Waals surface area contributed by atoms with Gasteiger partial charge >= 0.3 is 0 Å². The van der Waals surface area contributed by atoms with Crippen LogP contribution in [-0.4, -0.2) is 27.8 Å². The van der Waals surface area contributed by atoms with Crippen molar-refractivity contribution in [2.45, 2.75) is 420 Å². The summed E-state index contributed by atoms with van der Waals surface area (Å²) in [5, 5.41) is 0.644. The van der Waals surface area contributed by atoms with Crippen molar-refractivity contribution < 1.29 is 8.85 Å². The van der Waals surface area contributed by atoms with E-state index in [1.54, 1.807) is 0 Å². The molecule has 0 aliphatic carbocycles. The maximum Gasteiger partial charge on any atom is 0.178 e. The molecule has 0 N–H and O–H groups in total. The molecule has 0 aliphatic heterocycles. The van der Waals surface area contributed by atoms with E-state index in [2.05, 4.69) is 220 Å². The summed E-state index contributed by atoms with van der Waals surface area (Å²) in [7, 11) is -3.18. The third-order valence-electron chi connectivity index (χ3n) is 11.3. The first-order valence-corrected chi connectivity index (χ1v) is 24.4. The number of rotatable bonds is 2. The highest BCUT2D eigenvalue weighted by Gasteiger charge is 2.46. The zero-order valence-corrected chi connectivity index (χ0v) is 41.3. The predicted molar refractivity (Wildman–Crippen MR) is 388 cm³/mol. The van der Waals surface area contributed by atoms with Crippen LogP contribution in [0.5, 0.6) is 0 Å². The van der Waals surface area contributed by atoms with Crippen LogP contribution in [0.1, 0.15) is 372 Å². The summed E-state index contributed by atoms with van der Waals surface area (Å²) in [6.45, 7) is 72.5. The van der Waals surface area contributed by atoms with E-state index in [4.69, 9.17) is 8.85 Å². The van der Waals surface area contributed by atoms with Crippen molar-refractivity contribution in [1.82, 2.24) is 0 Å². The molecule has 0 bridgehead atoms. The fourth-order valence-electron chi connectivity index (χ4n) is 4.11. The minimum Gasteiger partial charge on any atom is -0.455 e. The van der Waals surface area contributed by atoms with Gasteiger partial charge in [0.25, 0.3) is 0 Å². The number of hydrogen-bond acceptors (Lipinski definition) is 2. The van der Waals surface area contributed by atoms with Crippen LogP contribution in [-0.2, 0) is 8.85 Å². The zero-order valence-electron chi connectivity index (χ0n) is 39.3. The molecule has 0 rings (SSSR count). The lowest BCUT2D eigenvalue weighted by Gasteiger charge is -2.49.